The number of carbonyl (C=O) groups is 1. The lowest BCUT2D eigenvalue weighted by Gasteiger charge is -2.18. The Morgan fingerprint density at radius 1 is 0.810 bits per heavy atom. The van der Waals surface area contributed by atoms with Crippen LogP contribution in [0.3, 0.4) is 0 Å². The van der Waals surface area contributed by atoms with Crippen LogP contribution in [-0.2, 0) is 4.79 Å². The highest BCUT2D eigenvalue weighted by atomic mass is 19.1. The zero-order valence-electron chi connectivity index (χ0n) is 11.8. The minimum absolute atomic E-state index is 0.0952. The van der Waals surface area contributed by atoms with Crippen molar-refractivity contribution in [3.8, 4) is 0 Å². The molecule has 2 aromatic carbocycles. The Labute approximate surface area is 123 Å². The van der Waals surface area contributed by atoms with E-state index in [1.165, 1.54) is 24.3 Å². The van der Waals surface area contributed by atoms with Crippen molar-refractivity contribution in [2.75, 3.05) is 0 Å². The molecular formula is C18H18F2O. The Balaban J connectivity index is 2.18. The third-order valence-electron chi connectivity index (χ3n) is 3.61. The predicted molar refractivity (Wildman–Crippen MR) is 79.2 cm³/mol. The number of unbranched alkanes of at least 4 members (excludes halogenated alkanes) is 2. The first kappa shape index (κ1) is 15.4. The molecule has 0 aliphatic heterocycles. The minimum atomic E-state index is -0.266. The number of hydrogen-bond donors (Lipinski definition) is 0. The molecule has 0 spiro atoms. The molecule has 0 atom stereocenters. The summed E-state index contributed by atoms with van der Waals surface area (Å²) in [6.45, 7) is 0. The summed E-state index contributed by atoms with van der Waals surface area (Å²) in [5, 5.41) is 0. The number of halogens is 2. The Morgan fingerprint density at radius 2 is 1.29 bits per heavy atom. The van der Waals surface area contributed by atoms with Gasteiger partial charge in [0.2, 0.25) is 0 Å². The van der Waals surface area contributed by atoms with E-state index in [4.69, 9.17) is 0 Å². The van der Waals surface area contributed by atoms with Crippen LogP contribution in [-0.4, -0.2) is 6.29 Å². The van der Waals surface area contributed by atoms with Crippen LogP contribution < -0.4 is 0 Å². The van der Waals surface area contributed by atoms with Gasteiger partial charge in [0.05, 0.1) is 0 Å². The van der Waals surface area contributed by atoms with Crippen LogP contribution in [0.2, 0.25) is 0 Å². The zero-order valence-corrected chi connectivity index (χ0v) is 11.8. The molecule has 110 valence electrons. The van der Waals surface area contributed by atoms with Crippen molar-refractivity contribution in [1.82, 2.24) is 0 Å². The Bertz CT molecular complexity index is 515. The molecule has 0 saturated carbocycles. The molecule has 0 N–H and O–H groups in total. The summed E-state index contributed by atoms with van der Waals surface area (Å²) >= 11 is 0. The molecule has 0 amide bonds. The quantitative estimate of drug-likeness (QED) is 0.525. The molecule has 0 bridgehead atoms. The second kappa shape index (κ2) is 7.67. The van der Waals surface area contributed by atoms with Gasteiger partial charge in [-0.05, 0) is 48.2 Å². The van der Waals surface area contributed by atoms with Gasteiger partial charge in [-0.2, -0.15) is 0 Å². The van der Waals surface area contributed by atoms with Crippen molar-refractivity contribution in [3.63, 3.8) is 0 Å². The number of aldehydes is 1. The SMILES string of the molecule is O=CCCCCC(c1ccc(F)cc1)c1ccc(F)cc1. The smallest absolute Gasteiger partial charge is 0.123 e. The average molecular weight is 288 g/mol. The number of carbonyl (C=O) groups excluding carboxylic acids is 1. The molecule has 0 saturated heterocycles. The maximum absolute atomic E-state index is 13.1. The van der Waals surface area contributed by atoms with Crippen LogP contribution in [0.15, 0.2) is 48.5 Å². The second-order valence-electron chi connectivity index (χ2n) is 5.11. The van der Waals surface area contributed by atoms with E-state index in [1.807, 2.05) is 0 Å². The van der Waals surface area contributed by atoms with Gasteiger partial charge in [0.15, 0.2) is 0 Å². The van der Waals surface area contributed by atoms with Crippen molar-refractivity contribution in [2.24, 2.45) is 0 Å². The van der Waals surface area contributed by atoms with Crippen molar-refractivity contribution in [2.45, 2.75) is 31.6 Å². The van der Waals surface area contributed by atoms with Crippen LogP contribution in [0, 0.1) is 11.6 Å². The van der Waals surface area contributed by atoms with E-state index in [0.29, 0.717) is 6.42 Å². The van der Waals surface area contributed by atoms with E-state index in [2.05, 4.69) is 0 Å². The van der Waals surface area contributed by atoms with Crippen molar-refractivity contribution < 1.29 is 13.6 Å². The van der Waals surface area contributed by atoms with E-state index >= 15 is 0 Å². The fourth-order valence-corrected chi connectivity index (χ4v) is 2.49. The average Bonchev–Trinajstić information content (AvgIpc) is 2.50. The van der Waals surface area contributed by atoms with E-state index < -0.39 is 0 Å². The standard InChI is InChI=1S/C18H18F2O/c19-16-9-5-14(6-10-16)18(4-2-1-3-13-21)15-7-11-17(20)12-8-15/h5-13,18H,1-4H2. The summed E-state index contributed by atoms with van der Waals surface area (Å²) in [7, 11) is 0. The summed E-state index contributed by atoms with van der Waals surface area (Å²) in [5.74, 6) is -0.437. The van der Waals surface area contributed by atoms with E-state index in [1.54, 1.807) is 24.3 Å². The van der Waals surface area contributed by atoms with Gasteiger partial charge >= 0.3 is 0 Å². The monoisotopic (exact) mass is 288 g/mol. The molecule has 2 aromatic rings. The molecule has 0 fully saturated rings. The van der Waals surface area contributed by atoms with Gasteiger partial charge in [-0.25, -0.2) is 8.78 Å². The van der Waals surface area contributed by atoms with E-state index in [9.17, 15) is 13.6 Å². The molecule has 2 rings (SSSR count). The van der Waals surface area contributed by atoms with Crippen LogP contribution >= 0.6 is 0 Å². The molecule has 0 heterocycles. The topological polar surface area (TPSA) is 17.1 Å². The van der Waals surface area contributed by atoms with Crippen molar-refractivity contribution in [3.05, 3.63) is 71.3 Å². The fourth-order valence-electron chi connectivity index (χ4n) is 2.49. The van der Waals surface area contributed by atoms with Crippen LogP contribution in [0.5, 0.6) is 0 Å². The molecule has 0 aliphatic carbocycles. The van der Waals surface area contributed by atoms with Crippen LogP contribution in [0.4, 0.5) is 8.78 Å². The normalized spacial score (nSPS) is 10.8. The van der Waals surface area contributed by atoms with Gasteiger partial charge in [-0.3, -0.25) is 0 Å². The number of rotatable bonds is 7. The van der Waals surface area contributed by atoms with E-state index in [-0.39, 0.29) is 17.6 Å². The highest BCUT2D eigenvalue weighted by molar-refractivity contribution is 5.48. The maximum atomic E-state index is 13.1. The van der Waals surface area contributed by atoms with Crippen LogP contribution in [0.1, 0.15) is 42.7 Å². The molecule has 0 radical (unpaired) electrons. The van der Waals surface area contributed by atoms with Gasteiger partial charge in [-0.15, -0.1) is 0 Å². The highest BCUT2D eigenvalue weighted by Gasteiger charge is 2.14. The lowest BCUT2D eigenvalue weighted by Crippen LogP contribution is -2.02. The summed E-state index contributed by atoms with van der Waals surface area (Å²) < 4.78 is 26.1. The van der Waals surface area contributed by atoms with Gasteiger partial charge < -0.3 is 4.79 Å². The first-order valence-electron chi connectivity index (χ1n) is 7.15. The van der Waals surface area contributed by atoms with Gasteiger partial charge in [0.1, 0.15) is 17.9 Å². The summed E-state index contributed by atoms with van der Waals surface area (Å²) in [6.07, 6.45) is 4.07. The fraction of sp³-hybridized carbons (Fsp3) is 0.278. The van der Waals surface area contributed by atoms with Crippen molar-refractivity contribution >= 4 is 6.29 Å². The third-order valence-corrected chi connectivity index (χ3v) is 3.61. The summed E-state index contributed by atoms with van der Waals surface area (Å²) in [6, 6.07) is 12.8. The predicted octanol–water partition coefficient (Wildman–Crippen LogP) is 4.86. The van der Waals surface area contributed by atoms with Crippen molar-refractivity contribution in [1.29, 1.82) is 0 Å². The molecule has 0 aliphatic rings. The van der Waals surface area contributed by atoms with E-state index in [0.717, 1.165) is 36.7 Å². The summed E-state index contributed by atoms with van der Waals surface area (Å²) in [5.41, 5.74) is 2.02. The minimum Gasteiger partial charge on any atom is -0.303 e. The van der Waals surface area contributed by atoms with Crippen LogP contribution in [0.25, 0.3) is 0 Å². The Hall–Kier alpha value is -2.03. The van der Waals surface area contributed by atoms with Gasteiger partial charge in [0, 0.05) is 12.3 Å². The molecule has 1 nitrogen and oxygen atoms in total. The third kappa shape index (κ3) is 4.48. The highest BCUT2D eigenvalue weighted by Crippen LogP contribution is 2.30. The number of benzene rings is 2. The lowest BCUT2D eigenvalue weighted by atomic mass is 9.87. The van der Waals surface area contributed by atoms with Gasteiger partial charge in [0.25, 0.3) is 0 Å². The largest absolute Gasteiger partial charge is 0.303 e. The molecule has 0 aromatic heterocycles. The number of hydrogen-bond acceptors (Lipinski definition) is 1. The molecule has 3 heteroatoms. The first-order valence-corrected chi connectivity index (χ1v) is 7.15. The maximum Gasteiger partial charge on any atom is 0.123 e. The van der Waals surface area contributed by atoms with Gasteiger partial charge in [-0.1, -0.05) is 30.7 Å². The Morgan fingerprint density at radius 3 is 1.71 bits per heavy atom. The molecule has 0 unspecified atom stereocenters. The zero-order chi connectivity index (χ0) is 15.1. The second-order valence-corrected chi connectivity index (χ2v) is 5.11. The molecule has 21 heavy (non-hydrogen) atoms. The lowest BCUT2D eigenvalue weighted by molar-refractivity contribution is -0.107. The first-order chi connectivity index (χ1) is 10.2. The summed E-state index contributed by atoms with van der Waals surface area (Å²) in [4.78, 5) is 10.4. The molecular weight excluding hydrogens is 270 g/mol. The Kier molecular flexibility index (Phi) is 5.61.